The van der Waals surface area contributed by atoms with Crippen LogP contribution in [-0.2, 0) is 9.59 Å². The molecule has 1 aromatic carbocycles. The topological polar surface area (TPSA) is 97.0 Å². The van der Waals surface area contributed by atoms with Gasteiger partial charge in [-0.05, 0) is 37.3 Å². The average molecular weight is 399 g/mol. The second kappa shape index (κ2) is 6.64. The van der Waals surface area contributed by atoms with Crippen LogP contribution in [0.15, 0.2) is 18.2 Å². The number of rotatable bonds is 2. The number of carbonyl (C=O) groups is 3. The first-order chi connectivity index (χ1) is 14.0. The third-order valence-electron chi connectivity index (χ3n) is 6.94. The summed E-state index contributed by atoms with van der Waals surface area (Å²) in [5, 5.41) is 5.88. The maximum Gasteiger partial charge on any atom is 0.258 e. The summed E-state index contributed by atoms with van der Waals surface area (Å²) in [4.78, 5) is 39.3. The van der Waals surface area contributed by atoms with Crippen molar-refractivity contribution in [2.75, 3.05) is 26.7 Å². The zero-order valence-corrected chi connectivity index (χ0v) is 16.4. The van der Waals surface area contributed by atoms with E-state index in [1.807, 2.05) is 0 Å². The van der Waals surface area contributed by atoms with Gasteiger partial charge in [0.05, 0.1) is 19.2 Å². The molecular formula is C21H25N3O5. The minimum atomic E-state index is -0.768. The molecule has 5 aliphatic rings. The molecule has 2 bridgehead atoms. The molecule has 2 aliphatic heterocycles. The summed E-state index contributed by atoms with van der Waals surface area (Å²) in [5.74, 6) is 1.08. The third-order valence-corrected chi connectivity index (χ3v) is 6.94. The van der Waals surface area contributed by atoms with Gasteiger partial charge in [0, 0.05) is 37.4 Å². The number of carbonyl (C=O) groups excluding carboxylic acids is 3. The Morgan fingerprint density at radius 3 is 2.90 bits per heavy atom. The Labute approximate surface area is 168 Å². The largest absolute Gasteiger partial charge is 0.497 e. The molecule has 6 rings (SSSR count). The van der Waals surface area contributed by atoms with Crippen LogP contribution in [0.3, 0.4) is 0 Å². The Kier molecular flexibility index (Phi) is 4.18. The van der Waals surface area contributed by atoms with E-state index in [9.17, 15) is 14.4 Å². The van der Waals surface area contributed by atoms with Gasteiger partial charge in [-0.3, -0.25) is 14.4 Å². The van der Waals surface area contributed by atoms with E-state index in [4.69, 9.17) is 9.47 Å². The number of nitrogens with one attached hydrogen (secondary N) is 2. The highest BCUT2D eigenvalue weighted by atomic mass is 16.5. The summed E-state index contributed by atoms with van der Waals surface area (Å²) >= 11 is 0. The number of ether oxygens (including phenoxy) is 2. The van der Waals surface area contributed by atoms with Crippen LogP contribution in [0.5, 0.6) is 11.5 Å². The summed E-state index contributed by atoms with van der Waals surface area (Å²) in [6, 6.07) is 5.22. The number of nitrogens with zero attached hydrogens (tertiary/aromatic N) is 1. The van der Waals surface area contributed by atoms with Crippen molar-refractivity contribution in [3.05, 3.63) is 23.8 Å². The molecule has 1 aromatic rings. The van der Waals surface area contributed by atoms with Gasteiger partial charge in [0.15, 0.2) is 5.72 Å². The Morgan fingerprint density at radius 1 is 1.31 bits per heavy atom. The highest BCUT2D eigenvalue weighted by Crippen LogP contribution is 2.53. The Balaban J connectivity index is 1.38. The maximum absolute atomic E-state index is 13.1. The molecule has 3 saturated carbocycles. The zero-order valence-electron chi connectivity index (χ0n) is 16.4. The van der Waals surface area contributed by atoms with Crippen molar-refractivity contribution in [2.45, 2.75) is 31.4 Å². The molecule has 2 N–H and O–H groups in total. The third kappa shape index (κ3) is 2.92. The fourth-order valence-electron chi connectivity index (χ4n) is 5.48. The Morgan fingerprint density at radius 2 is 2.17 bits per heavy atom. The van der Waals surface area contributed by atoms with Crippen molar-refractivity contribution in [3.8, 4) is 11.5 Å². The summed E-state index contributed by atoms with van der Waals surface area (Å²) in [6.45, 7) is 1.20. The van der Waals surface area contributed by atoms with E-state index in [1.165, 1.54) is 0 Å². The number of hydrogen-bond donors (Lipinski definition) is 2. The van der Waals surface area contributed by atoms with E-state index in [0.717, 1.165) is 12.8 Å². The lowest BCUT2D eigenvalue weighted by atomic mass is 9.59. The van der Waals surface area contributed by atoms with E-state index in [1.54, 1.807) is 30.2 Å². The summed E-state index contributed by atoms with van der Waals surface area (Å²) in [6.07, 6.45) is 3.12. The van der Waals surface area contributed by atoms with Crippen molar-refractivity contribution in [1.82, 2.24) is 15.5 Å². The average Bonchev–Trinajstić information content (AvgIpc) is 2.73. The van der Waals surface area contributed by atoms with Crippen molar-refractivity contribution >= 4 is 17.7 Å². The molecule has 1 saturated heterocycles. The van der Waals surface area contributed by atoms with Crippen molar-refractivity contribution < 1.29 is 23.9 Å². The normalized spacial score (nSPS) is 32.9. The molecule has 4 fully saturated rings. The SMILES string of the molecule is COc1ccc2c(c1)O[C@]1(C[C@H]3CC[C@H]1C[C@H]3C(=O)N1CCNC(=O)C1)NC2=O. The quantitative estimate of drug-likeness (QED) is 0.771. The van der Waals surface area contributed by atoms with E-state index in [2.05, 4.69) is 10.6 Å². The van der Waals surface area contributed by atoms with Gasteiger partial charge in [0.25, 0.3) is 5.91 Å². The maximum atomic E-state index is 13.1. The number of benzene rings is 1. The van der Waals surface area contributed by atoms with Gasteiger partial charge < -0.3 is 25.0 Å². The smallest absolute Gasteiger partial charge is 0.258 e. The summed E-state index contributed by atoms with van der Waals surface area (Å²) in [5.41, 5.74) is -0.264. The monoisotopic (exact) mass is 399 g/mol. The Hall–Kier alpha value is -2.77. The van der Waals surface area contributed by atoms with Crippen LogP contribution in [0.1, 0.15) is 36.0 Å². The highest BCUT2D eigenvalue weighted by Gasteiger charge is 2.57. The molecule has 0 aromatic heterocycles. The highest BCUT2D eigenvalue weighted by molar-refractivity contribution is 5.98. The van der Waals surface area contributed by atoms with E-state index < -0.39 is 5.72 Å². The van der Waals surface area contributed by atoms with E-state index in [0.29, 0.717) is 43.0 Å². The van der Waals surface area contributed by atoms with Crippen LogP contribution in [0.2, 0.25) is 0 Å². The molecule has 2 heterocycles. The van der Waals surface area contributed by atoms with Gasteiger partial charge in [-0.25, -0.2) is 0 Å². The number of fused-ring (bicyclic) bond motifs is 3. The van der Waals surface area contributed by atoms with Crippen LogP contribution in [-0.4, -0.2) is 55.1 Å². The number of amides is 3. The minimum absolute atomic E-state index is 0.0587. The van der Waals surface area contributed by atoms with Gasteiger partial charge in [0.2, 0.25) is 11.8 Å². The lowest BCUT2D eigenvalue weighted by molar-refractivity contribution is -0.158. The van der Waals surface area contributed by atoms with E-state index in [-0.39, 0.29) is 42.0 Å². The van der Waals surface area contributed by atoms with Gasteiger partial charge in [-0.15, -0.1) is 0 Å². The molecular weight excluding hydrogens is 374 g/mol. The number of methoxy groups -OCH3 is 1. The molecule has 29 heavy (non-hydrogen) atoms. The van der Waals surface area contributed by atoms with Gasteiger partial charge in [-0.1, -0.05) is 0 Å². The van der Waals surface area contributed by atoms with Crippen molar-refractivity contribution in [2.24, 2.45) is 17.8 Å². The lowest BCUT2D eigenvalue weighted by Gasteiger charge is -2.55. The van der Waals surface area contributed by atoms with Crippen LogP contribution in [0.25, 0.3) is 0 Å². The van der Waals surface area contributed by atoms with Crippen LogP contribution in [0, 0.1) is 17.8 Å². The first kappa shape index (κ1) is 18.3. The molecule has 154 valence electrons. The van der Waals surface area contributed by atoms with Gasteiger partial charge >= 0.3 is 0 Å². The lowest BCUT2D eigenvalue weighted by Crippen LogP contribution is -2.67. The second-order valence-electron chi connectivity index (χ2n) is 8.50. The molecule has 8 heteroatoms. The fourth-order valence-corrected chi connectivity index (χ4v) is 5.48. The van der Waals surface area contributed by atoms with Crippen LogP contribution in [0.4, 0.5) is 0 Å². The molecule has 1 spiro atoms. The second-order valence-corrected chi connectivity index (χ2v) is 8.50. The fraction of sp³-hybridized carbons (Fsp3) is 0.571. The molecule has 3 amide bonds. The molecule has 8 nitrogen and oxygen atoms in total. The van der Waals surface area contributed by atoms with Crippen LogP contribution >= 0.6 is 0 Å². The first-order valence-electron chi connectivity index (χ1n) is 10.2. The minimum Gasteiger partial charge on any atom is -0.497 e. The Bertz CT molecular complexity index is 887. The van der Waals surface area contributed by atoms with Gasteiger partial charge in [0.1, 0.15) is 11.5 Å². The first-order valence-corrected chi connectivity index (χ1v) is 10.2. The predicted molar refractivity (Wildman–Crippen MR) is 102 cm³/mol. The zero-order chi connectivity index (χ0) is 20.2. The molecule has 4 atom stereocenters. The van der Waals surface area contributed by atoms with E-state index >= 15 is 0 Å². The number of piperazine rings is 1. The standard InChI is InChI=1S/C21H25N3O5/c1-28-14-4-5-15-17(9-14)29-21(23-19(15)26)10-12-2-3-13(21)8-16(12)20(27)24-7-6-22-18(25)11-24/h4-5,9,12-13,16H,2-3,6-8,10-11H2,1H3,(H,22,25)(H,23,26)/t12-,13+,16-,21+/m1/s1. The summed E-state index contributed by atoms with van der Waals surface area (Å²) < 4.78 is 11.7. The molecule has 0 unspecified atom stereocenters. The van der Waals surface area contributed by atoms with Gasteiger partial charge in [-0.2, -0.15) is 0 Å². The predicted octanol–water partition coefficient (Wildman–Crippen LogP) is 0.908. The molecule has 3 aliphatic carbocycles. The van der Waals surface area contributed by atoms with Crippen molar-refractivity contribution in [3.63, 3.8) is 0 Å². The number of hydrogen-bond acceptors (Lipinski definition) is 5. The van der Waals surface area contributed by atoms with Crippen LogP contribution < -0.4 is 20.1 Å². The summed E-state index contributed by atoms with van der Waals surface area (Å²) in [7, 11) is 1.58. The molecule has 0 radical (unpaired) electrons. The van der Waals surface area contributed by atoms with Crippen molar-refractivity contribution in [1.29, 1.82) is 0 Å².